The summed E-state index contributed by atoms with van der Waals surface area (Å²) in [6.07, 6.45) is 0.885. The Labute approximate surface area is 94.4 Å². The fourth-order valence-corrected chi connectivity index (χ4v) is 1.03. The zero-order valence-corrected chi connectivity index (χ0v) is 8.41. The van der Waals surface area contributed by atoms with E-state index in [2.05, 4.69) is 10.3 Å². The largest absolute Gasteiger partial charge is 0.478 e. The Morgan fingerprint density at radius 1 is 1.59 bits per heavy atom. The molecule has 0 aliphatic rings. The van der Waals surface area contributed by atoms with Gasteiger partial charge in [-0.1, -0.05) is 0 Å². The van der Waals surface area contributed by atoms with E-state index in [-0.39, 0.29) is 12.4 Å². The van der Waals surface area contributed by atoms with E-state index in [1.807, 2.05) is 0 Å². The lowest BCUT2D eigenvalue weighted by Gasteiger charge is -2.05. The first-order chi connectivity index (χ1) is 7.91. The van der Waals surface area contributed by atoms with Crippen LogP contribution < -0.4 is 11.1 Å². The average molecular weight is 240 g/mol. The van der Waals surface area contributed by atoms with Crippen molar-refractivity contribution < 1.29 is 19.6 Å². The highest BCUT2D eigenvalue weighted by atomic mass is 16.6. The molecule has 1 aromatic heterocycles. The van der Waals surface area contributed by atoms with E-state index in [9.17, 15) is 19.7 Å². The normalized spacial score (nSPS) is 9.65. The molecule has 0 bridgehead atoms. The molecule has 0 saturated carbocycles. The molecule has 0 unspecified atom stereocenters. The van der Waals surface area contributed by atoms with Gasteiger partial charge in [-0.3, -0.25) is 14.9 Å². The van der Waals surface area contributed by atoms with Crippen molar-refractivity contribution >= 4 is 23.4 Å². The number of carboxylic acid groups (broad SMARTS) is 1. The maximum Gasteiger partial charge on any atom is 0.339 e. The molecule has 0 aromatic carbocycles. The summed E-state index contributed by atoms with van der Waals surface area (Å²) in [5.41, 5.74) is 4.01. The molecule has 4 N–H and O–H groups in total. The van der Waals surface area contributed by atoms with Crippen molar-refractivity contribution in [1.82, 2.24) is 4.98 Å². The van der Waals surface area contributed by atoms with Gasteiger partial charge in [0.1, 0.15) is 17.6 Å². The minimum absolute atomic E-state index is 0.151. The van der Waals surface area contributed by atoms with E-state index >= 15 is 0 Å². The summed E-state index contributed by atoms with van der Waals surface area (Å²) < 4.78 is 0. The van der Waals surface area contributed by atoms with Crippen LogP contribution in [0.1, 0.15) is 10.4 Å². The fourth-order valence-electron chi connectivity index (χ4n) is 1.03. The van der Waals surface area contributed by atoms with Gasteiger partial charge in [-0.25, -0.2) is 9.78 Å². The molecular formula is C8H8N4O5. The number of carbonyl (C=O) groups excluding carboxylic acids is 1. The highest BCUT2D eigenvalue weighted by Gasteiger charge is 2.17. The van der Waals surface area contributed by atoms with Crippen molar-refractivity contribution in [1.29, 1.82) is 0 Å². The summed E-state index contributed by atoms with van der Waals surface area (Å²) in [5.74, 6) is -2.25. The zero-order chi connectivity index (χ0) is 13.0. The van der Waals surface area contributed by atoms with Crippen LogP contribution in [-0.2, 0) is 4.79 Å². The molecule has 90 valence electrons. The van der Waals surface area contributed by atoms with Gasteiger partial charge in [0.05, 0.1) is 11.5 Å². The quantitative estimate of drug-likeness (QED) is 0.467. The van der Waals surface area contributed by atoms with E-state index in [4.69, 9.17) is 10.8 Å². The third-order valence-electron chi connectivity index (χ3n) is 1.74. The third kappa shape index (κ3) is 3.12. The topological polar surface area (TPSA) is 148 Å². The van der Waals surface area contributed by atoms with E-state index < -0.39 is 28.1 Å². The van der Waals surface area contributed by atoms with Gasteiger partial charge in [-0.15, -0.1) is 0 Å². The summed E-state index contributed by atoms with van der Waals surface area (Å²) >= 11 is 0. The number of aromatic nitrogens is 1. The van der Waals surface area contributed by atoms with Crippen LogP contribution in [0.4, 0.5) is 11.5 Å². The molecule has 9 heteroatoms. The Hall–Kier alpha value is -2.71. The Balaban J connectivity index is 3.08. The van der Waals surface area contributed by atoms with Gasteiger partial charge in [-0.2, -0.15) is 0 Å². The number of aromatic carboxylic acids is 1. The molecule has 1 aromatic rings. The fraction of sp³-hybridized carbons (Fsp3) is 0.125. The minimum Gasteiger partial charge on any atom is -0.478 e. The number of anilines is 1. The first-order valence-electron chi connectivity index (χ1n) is 4.31. The van der Waals surface area contributed by atoms with E-state index in [1.54, 1.807) is 0 Å². The molecular weight excluding hydrogens is 232 g/mol. The number of nitro groups is 1. The van der Waals surface area contributed by atoms with Gasteiger partial charge in [0.25, 0.3) is 5.69 Å². The maximum atomic E-state index is 10.8. The number of nitrogens with zero attached hydrogens (tertiary/aromatic N) is 2. The molecule has 0 radical (unpaired) electrons. The molecule has 0 saturated heterocycles. The second-order valence-electron chi connectivity index (χ2n) is 2.97. The summed E-state index contributed by atoms with van der Waals surface area (Å²) in [6.45, 7) is -0.314. The lowest BCUT2D eigenvalue weighted by molar-refractivity contribution is -0.385. The number of hydrogen-bond acceptors (Lipinski definition) is 6. The molecule has 0 spiro atoms. The number of carboxylic acids is 1. The molecule has 9 nitrogen and oxygen atoms in total. The van der Waals surface area contributed by atoms with Crippen LogP contribution in [-0.4, -0.2) is 33.4 Å². The van der Waals surface area contributed by atoms with Gasteiger partial charge < -0.3 is 16.2 Å². The van der Waals surface area contributed by atoms with Crippen LogP contribution in [0.15, 0.2) is 12.3 Å². The highest BCUT2D eigenvalue weighted by molar-refractivity contribution is 5.94. The molecule has 17 heavy (non-hydrogen) atoms. The lowest BCUT2D eigenvalue weighted by Crippen LogP contribution is -2.23. The Morgan fingerprint density at radius 3 is 2.71 bits per heavy atom. The second kappa shape index (κ2) is 4.88. The molecule has 1 amide bonds. The predicted molar refractivity (Wildman–Crippen MR) is 55.5 cm³/mol. The van der Waals surface area contributed by atoms with Gasteiger partial charge in [0, 0.05) is 6.07 Å². The van der Waals surface area contributed by atoms with E-state index in [0.717, 1.165) is 12.3 Å². The summed E-state index contributed by atoms with van der Waals surface area (Å²) in [4.78, 5) is 34.5. The number of hydrogen-bond donors (Lipinski definition) is 3. The first-order valence-corrected chi connectivity index (χ1v) is 4.31. The van der Waals surface area contributed by atoms with Gasteiger partial charge >= 0.3 is 5.97 Å². The van der Waals surface area contributed by atoms with Gasteiger partial charge in [0.2, 0.25) is 5.91 Å². The van der Waals surface area contributed by atoms with Crippen LogP contribution in [0.2, 0.25) is 0 Å². The summed E-state index contributed by atoms with van der Waals surface area (Å²) in [7, 11) is 0. The monoisotopic (exact) mass is 240 g/mol. The van der Waals surface area contributed by atoms with Crippen molar-refractivity contribution in [2.75, 3.05) is 11.9 Å². The zero-order valence-electron chi connectivity index (χ0n) is 8.41. The predicted octanol–water partition coefficient (Wildman–Crippen LogP) is -0.415. The van der Waals surface area contributed by atoms with Crippen LogP contribution >= 0.6 is 0 Å². The second-order valence-corrected chi connectivity index (χ2v) is 2.97. The van der Waals surface area contributed by atoms with Crippen LogP contribution in [0.25, 0.3) is 0 Å². The van der Waals surface area contributed by atoms with Gasteiger partial charge in [-0.05, 0) is 0 Å². The van der Waals surface area contributed by atoms with Crippen LogP contribution in [0.5, 0.6) is 0 Å². The van der Waals surface area contributed by atoms with Crippen molar-refractivity contribution in [3.8, 4) is 0 Å². The number of nitrogens with two attached hydrogens (primary N) is 1. The Morgan fingerprint density at radius 2 is 2.24 bits per heavy atom. The molecule has 0 fully saturated rings. The SMILES string of the molecule is NC(=O)CNc1ncc([N+](=O)[O-])cc1C(=O)O. The van der Waals surface area contributed by atoms with Crippen LogP contribution in [0.3, 0.4) is 0 Å². The first kappa shape index (κ1) is 12.4. The van der Waals surface area contributed by atoms with Crippen molar-refractivity contribution in [3.63, 3.8) is 0 Å². The number of pyridine rings is 1. The summed E-state index contributed by atoms with van der Waals surface area (Å²) in [6, 6.07) is 0.846. The van der Waals surface area contributed by atoms with E-state index in [1.165, 1.54) is 0 Å². The number of carbonyl (C=O) groups is 2. The Kier molecular flexibility index (Phi) is 3.55. The minimum atomic E-state index is -1.40. The number of nitrogens with one attached hydrogen (secondary N) is 1. The van der Waals surface area contributed by atoms with Gasteiger partial charge in [0.15, 0.2) is 0 Å². The average Bonchev–Trinajstić information content (AvgIpc) is 2.25. The Bertz CT molecular complexity index is 487. The third-order valence-corrected chi connectivity index (χ3v) is 1.74. The standard InChI is InChI=1S/C8H8N4O5/c9-6(13)3-11-7-5(8(14)15)1-4(2-10-7)12(16)17/h1-2H,3H2,(H2,9,13)(H,10,11)(H,14,15). The van der Waals surface area contributed by atoms with Crippen molar-refractivity contribution in [2.45, 2.75) is 0 Å². The smallest absolute Gasteiger partial charge is 0.339 e. The lowest BCUT2D eigenvalue weighted by atomic mass is 10.2. The number of amides is 1. The van der Waals surface area contributed by atoms with E-state index in [0.29, 0.717) is 0 Å². The van der Waals surface area contributed by atoms with Crippen molar-refractivity contribution in [2.24, 2.45) is 5.73 Å². The number of primary amides is 1. The van der Waals surface area contributed by atoms with Crippen LogP contribution in [0, 0.1) is 10.1 Å². The molecule has 0 aliphatic carbocycles. The number of rotatable bonds is 5. The molecule has 0 aliphatic heterocycles. The maximum absolute atomic E-state index is 10.8. The summed E-state index contributed by atoms with van der Waals surface area (Å²) in [5, 5.41) is 21.6. The molecule has 1 rings (SSSR count). The molecule has 0 atom stereocenters. The highest BCUT2D eigenvalue weighted by Crippen LogP contribution is 2.18. The van der Waals surface area contributed by atoms with Crippen molar-refractivity contribution in [3.05, 3.63) is 27.9 Å². The molecule has 1 heterocycles.